The summed E-state index contributed by atoms with van der Waals surface area (Å²) >= 11 is 0. The molecule has 0 aromatic carbocycles. The van der Waals surface area contributed by atoms with Crippen LogP contribution in [0.15, 0.2) is 36.2 Å². The van der Waals surface area contributed by atoms with Gasteiger partial charge in [0, 0.05) is 11.9 Å². The topological polar surface area (TPSA) is 52.0 Å². The molecule has 0 radical (unpaired) electrons. The monoisotopic (exact) mass is 124 g/mol. The predicted molar refractivity (Wildman–Crippen MR) is 40.4 cm³/mol. The molecule has 0 amide bonds. The third-order valence-corrected chi connectivity index (χ3v) is 0.785. The van der Waals surface area contributed by atoms with Gasteiger partial charge in [-0.25, -0.2) is 0 Å². The van der Waals surface area contributed by atoms with Crippen LogP contribution in [0.5, 0.6) is 0 Å². The molecule has 0 aliphatic carbocycles. The van der Waals surface area contributed by atoms with Crippen LogP contribution >= 0.6 is 0 Å². The van der Waals surface area contributed by atoms with Gasteiger partial charge in [0.05, 0.1) is 0 Å². The second kappa shape index (κ2) is 4.97. The quantitative estimate of drug-likeness (QED) is 0.537. The Morgan fingerprint density at radius 3 is 2.44 bits per heavy atom. The fourth-order valence-corrected chi connectivity index (χ4v) is 0.333. The summed E-state index contributed by atoms with van der Waals surface area (Å²) in [7, 11) is 0. The van der Waals surface area contributed by atoms with Crippen molar-refractivity contribution in [3.8, 4) is 0 Å². The van der Waals surface area contributed by atoms with Gasteiger partial charge in [-0.05, 0) is 13.0 Å². The van der Waals surface area contributed by atoms with Crippen molar-refractivity contribution in [2.45, 2.75) is 6.92 Å². The first-order valence-electron chi connectivity index (χ1n) is 2.78. The Bertz CT molecular complexity index is 143. The van der Waals surface area contributed by atoms with Gasteiger partial charge in [0.15, 0.2) is 0 Å². The Hall–Kier alpha value is -1.18. The van der Waals surface area contributed by atoms with Crippen LogP contribution in [-0.2, 0) is 0 Å². The number of rotatable bonds is 2. The number of allylic oxidation sites excluding steroid dienone is 4. The van der Waals surface area contributed by atoms with Crippen molar-refractivity contribution in [1.82, 2.24) is 0 Å². The number of hydrogen-bond acceptors (Lipinski definition) is 2. The number of hydrogen-bond donors (Lipinski definition) is 2. The fourth-order valence-electron chi connectivity index (χ4n) is 0.333. The lowest BCUT2D eigenvalue weighted by molar-refractivity contribution is 1.37. The first-order chi connectivity index (χ1) is 4.31. The lowest BCUT2D eigenvalue weighted by atomic mass is 10.4. The van der Waals surface area contributed by atoms with E-state index in [1.165, 1.54) is 6.20 Å². The first-order valence-corrected chi connectivity index (χ1v) is 2.78. The molecule has 0 spiro atoms. The molecule has 2 heteroatoms. The van der Waals surface area contributed by atoms with Crippen LogP contribution < -0.4 is 11.5 Å². The van der Waals surface area contributed by atoms with Gasteiger partial charge >= 0.3 is 0 Å². The summed E-state index contributed by atoms with van der Waals surface area (Å²) in [6.45, 7) is 1.94. The zero-order valence-electron chi connectivity index (χ0n) is 5.54. The molecular weight excluding hydrogens is 112 g/mol. The van der Waals surface area contributed by atoms with Gasteiger partial charge in [-0.1, -0.05) is 18.2 Å². The Morgan fingerprint density at radius 2 is 2.00 bits per heavy atom. The summed E-state index contributed by atoms with van der Waals surface area (Å²) in [5.41, 5.74) is 11.0. The molecule has 2 nitrogen and oxygen atoms in total. The van der Waals surface area contributed by atoms with Gasteiger partial charge in [0.25, 0.3) is 0 Å². The largest absolute Gasteiger partial charge is 0.403 e. The van der Waals surface area contributed by atoms with Gasteiger partial charge in [-0.3, -0.25) is 0 Å². The predicted octanol–water partition coefficient (Wildman–Crippen LogP) is 0.878. The maximum atomic E-state index is 5.33. The van der Waals surface area contributed by atoms with Crippen molar-refractivity contribution in [1.29, 1.82) is 0 Å². The third kappa shape index (κ3) is 4.68. The highest BCUT2D eigenvalue weighted by atomic mass is 14.6. The summed E-state index contributed by atoms with van der Waals surface area (Å²) in [6.07, 6.45) is 8.73. The van der Waals surface area contributed by atoms with Gasteiger partial charge in [-0.2, -0.15) is 0 Å². The molecule has 9 heavy (non-hydrogen) atoms. The highest BCUT2D eigenvalue weighted by molar-refractivity contribution is 5.17. The molecule has 0 aromatic rings. The van der Waals surface area contributed by atoms with E-state index < -0.39 is 0 Å². The van der Waals surface area contributed by atoms with Crippen LogP contribution in [0.1, 0.15) is 6.92 Å². The Labute approximate surface area is 55.5 Å². The number of nitrogens with two attached hydrogens (primary N) is 2. The Morgan fingerprint density at radius 1 is 1.33 bits per heavy atom. The van der Waals surface area contributed by atoms with Crippen LogP contribution in [0.3, 0.4) is 0 Å². The van der Waals surface area contributed by atoms with Crippen molar-refractivity contribution in [3.63, 3.8) is 0 Å². The highest BCUT2D eigenvalue weighted by Crippen LogP contribution is 1.83. The molecule has 0 unspecified atom stereocenters. The molecule has 0 aliphatic heterocycles. The molecule has 0 saturated carbocycles. The lowest BCUT2D eigenvalue weighted by Gasteiger charge is -1.84. The normalized spacial score (nSPS) is 13.7. The maximum Gasteiger partial charge on any atom is 0.0471 e. The average molecular weight is 124 g/mol. The van der Waals surface area contributed by atoms with E-state index in [-0.39, 0.29) is 0 Å². The minimum absolute atomic E-state index is 0.577. The third-order valence-electron chi connectivity index (χ3n) is 0.785. The molecule has 50 valence electrons. The molecule has 0 aromatic heterocycles. The van der Waals surface area contributed by atoms with Crippen molar-refractivity contribution in [2.24, 2.45) is 11.5 Å². The van der Waals surface area contributed by atoms with Gasteiger partial charge in [0.2, 0.25) is 0 Å². The second-order valence-electron chi connectivity index (χ2n) is 1.55. The average Bonchev–Trinajstić information content (AvgIpc) is 1.89. The van der Waals surface area contributed by atoms with E-state index in [1.807, 2.05) is 25.2 Å². The van der Waals surface area contributed by atoms with Gasteiger partial charge < -0.3 is 11.5 Å². The van der Waals surface area contributed by atoms with E-state index in [2.05, 4.69) is 0 Å². The SMILES string of the molecule is C\C=C/C=C\C(N)=C\N. The summed E-state index contributed by atoms with van der Waals surface area (Å²) < 4.78 is 0. The molecule has 0 heterocycles. The zero-order valence-corrected chi connectivity index (χ0v) is 5.54. The molecule has 0 rings (SSSR count). The summed E-state index contributed by atoms with van der Waals surface area (Å²) in [5.74, 6) is 0. The molecule has 0 saturated heterocycles. The van der Waals surface area contributed by atoms with Crippen molar-refractivity contribution in [2.75, 3.05) is 0 Å². The van der Waals surface area contributed by atoms with Crippen LogP contribution in [0.2, 0.25) is 0 Å². The van der Waals surface area contributed by atoms with Gasteiger partial charge in [-0.15, -0.1) is 0 Å². The van der Waals surface area contributed by atoms with E-state index in [4.69, 9.17) is 11.5 Å². The fraction of sp³-hybridized carbons (Fsp3) is 0.143. The van der Waals surface area contributed by atoms with Crippen LogP contribution in [0, 0.1) is 0 Å². The Balaban J connectivity index is 3.71. The molecule has 0 aliphatic rings. The molecule has 0 bridgehead atoms. The lowest BCUT2D eigenvalue weighted by Crippen LogP contribution is -1.95. The molecule has 0 fully saturated rings. The zero-order chi connectivity index (χ0) is 7.11. The highest BCUT2D eigenvalue weighted by Gasteiger charge is 1.72. The van der Waals surface area contributed by atoms with Crippen LogP contribution in [0.4, 0.5) is 0 Å². The smallest absolute Gasteiger partial charge is 0.0471 e. The molecule has 0 atom stereocenters. The van der Waals surface area contributed by atoms with Gasteiger partial charge in [0.1, 0.15) is 0 Å². The van der Waals surface area contributed by atoms with E-state index in [0.29, 0.717) is 5.70 Å². The van der Waals surface area contributed by atoms with Crippen molar-refractivity contribution in [3.05, 3.63) is 36.2 Å². The molecule has 4 N–H and O–H groups in total. The summed E-state index contributed by atoms with van der Waals surface area (Å²) in [5, 5.41) is 0. The first kappa shape index (κ1) is 7.82. The summed E-state index contributed by atoms with van der Waals surface area (Å²) in [6, 6.07) is 0. The van der Waals surface area contributed by atoms with E-state index in [0.717, 1.165) is 0 Å². The van der Waals surface area contributed by atoms with E-state index in [1.54, 1.807) is 6.08 Å². The van der Waals surface area contributed by atoms with E-state index >= 15 is 0 Å². The van der Waals surface area contributed by atoms with Crippen LogP contribution in [0.25, 0.3) is 0 Å². The minimum atomic E-state index is 0.577. The minimum Gasteiger partial charge on any atom is -0.403 e. The molecular formula is C7H12N2. The maximum absolute atomic E-state index is 5.33. The Kier molecular flexibility index (Phi) is 4.32. The second-order valence-corrected chi connectivity index (χ2v) is 1.55. The summed E-state index contributed by atoms with van der Waals surface area (Å²) in [4.78, 5) is 0. The standard InChI is InChI=1S/C7H12N2/c1-2-3-4-5-7(9)6-8/h2-6H,8-9H2,1H3/b3-2-,5-4-,7-6-. The van der Waals surface area contributed by atoms with Crippen molar-refractivity contribution < 1.29 is 0 Å². The van der Waals surface area contributed by atoms with E-state index in [9.17, 15) is 0 Å². The van der Waals surface area contributed by atoms with Crippen LogP contribution in [-0.4, -0.2) is 0 Å². The van der Waals surface area contributed by atoms with Crippen molar-refractivity contribution >= 4 is 0 Å².